The van der Waals surface area contributed by atoms with Crippen LogP contribution < -0.4 is 11.1 Å². The Balaban J connectivity index is 2.12. The molecule has 0 radical (unpaired) electrons. The lowest BCUT2D eigenvalue weighted by Gasteiger charge is -2.14. The predicted molar refractivity (Wildman–Crippen MR) is 61.3 cm³/mol. The van der Waals surface area contributed by atoms with Crippen molar-refractivity contribution in [3.05, 3.63) is 0 Å². The first-order valence-electron chi connectivity index (χ1n) is 5.34. The summed E-state index contributed by atoms with van der Waals surface area (Å²) in [6.45, 7) is 3.09. The average molecular weight is 216 g/mol. The number of carbonyl (C=O) groups is 1. The molecule has 0 heterocycles. The van der Waals surface area contributed by atoms with Gasteiger partial charge in [-0.05, 0) is 43.2 Å². The zero-order chi connectivity index (χ0) is 10.4. The topological polar surface area (TPSA) is 55.1 Å². The highest BCUT2D eigenvalue weighted by atomic mass is 32.2. The maximum absolute atomic E-state index is 11.1. The van der Waals surface area contributed by atoms with Gasteiger partial charge in [0.1, 0.15) is 0 Å². The summed E-state index contributed by atoms with van der Waals surface area (Å²) in [6.07, 6.45) is 3.48. The van der Waals surface area contributed by atoms with E-state index in [0.29, 0.717) is 0 Å². The normalized spacial score (nSPS) is 18.1. The molecule has 0 aromatic rings. The number of hydrogen-bond donors (Lipinski definition) is 2. The molecule has 14 heavy (non-hydrogen) atoms. The summed E-state index contributed by atoms with van der Waals surface area (Å²) < 4.78 is 0. The average Bonchev–Trinajstić information content (AvgIpc) is 2.94. The number of carbonyl (C=O) groups excluding carboxylic acids is 1. The quantitative estimate of drug-likeness (QED) is 0.595. The lowest BCUT2D eigenvalue weighted by atomic mass is 10.2. The van der Waals surface area contributed by atoms with Crippen LogP contribution in [0.5, 0.6) is 0 Å². The molecule has 0 saturated heterocycles. The van der Waals surface area contributed by atoms with E-state index in [-0.39, 0.29) is 11.9 Å². The second-order valence-corrected chi connectivity index (χ2v) is 5.19. The molecule has 0 aromatic carbocycles. The second kappa shape index (κ2) is 6.30. The van der Waals surface area contributed by atoms with E-state index in [0.717, 1.165) is 30.4 Å². The monoisotopic (exact) mass is 216 g/mol. The van der Waals surface area contributed by atoms with Gasteiger partial charge >= 0.3 is 0 Å². The number of amides is 1. The third kappa shape index (κ3) is 4.86. The van der Waals surface area contributed by atoms with Gasteiger partial charge in [-0.3, -0.25) is 4.79 Å². The van der Waals surface area contributed by atoms with Crippen LogP contribution in [-0.2, 0) is 4.79 Å². The maximum Gasteiger partial charge on any atom is 0.234 e. The Morgan fingerprint density at radius 3 is 2.86 bits per heavy atom. The number of nitrogens with one attached hydrogen (secondary N) is 1. The summed E-state index contributed by atoms with van der Waals surface area (Å²) >= 11 is 1.86. The molecular formula is C10H20N2OS. The molecule has 0 spiro atoms. The van der Waals surface area contributed by atoms with E-state index in [1.807, 2.05) is 11.8 Å². The summed E-state index contributed by atoms with van der Waals surface area (Å²) in [5.74, 6) is 2.72. The van der Waals surface area contributed by atoms with E-state index in [1.165, 1.54) is 12.8 Å². The Morgan fingerprint density at radius 2 is 2.36 bits per heavy atom. The van der Waals surface area contributed by atoms with Crippen molar-refractivity contribution < 1.29 is 4.79 Å². The molecule has 1 saturated carbocycles. The Hall–Kier alpha value is -0.220. The molecule has 1 rings (SSSR count). The molecule has 82 valence electrons. The summed E-state index contributed by atoms with van der Waals surface area (Å²) in [6, 6.07) is -0.116. The van der Waals surface area contributed by atoms with Gasteiger partial charge in [-0.2, -0.15) is 11.8 Å². The fourth-order valence-electron chi connectivity index (χ4n) is 1.32. The standard InChI is InChI=1S/C10H20N2OS/c1-2-14-6-5-9(10(11)13)12-7-8-3-4-8/h8-9,12H,2-7H2,1H3,(H2,11,13). The first kappa shape index (κ1) is 11.9. The van der Waals surface area contributed by atoms with Gasteiger partial charge in [-0.1, -0.05) is 6.92 Å². The van der Waals surface area contributed by atoms with Crippen LogP contribution in [0.15, 0.2) is 0 Å². The van der Waals surface area contributed by atoms with Gasteiger partial charge in [0.15, 0.2) is 0 Å². The maximum atomic E-state index is 11.1. The fraction of sp³-hybridized carbons (Fsp3) is 0.900. The van der Waals surface area contributed by atoms with Gasteiger partial charge in [0.05, 0.1) is 6.04 Å². The van der Waals surface area contributed by atoms with Crippen molar-refractivity contribution in [2.75, 3.05) is 18.1 Å². The smallest absolute Gasteiger partial charge is 0.234 e. The minimum atomic E-state index is -0.206. The van der Waals surface area contributed by atoms with Crippen LogP contribution in [0.2, 0.25) is 0 Å². The van der Waals surface area contributed by atoms with Crippen molar-refractivity contribution in [3.63, 3.8) is 0 Å². The Morgan fingerprint density at radius 1 is 1.64 bits per heavy atom. The first-order chi connectivity index (χ1) is 6.74. The van der Waals surface area contributed by atoms with Crippen LogP contribution in [0.1, 0.15) is 26.2 Å². The van der Waals surface area contributed by atoms with Crippen molar-refractivity contribution in [2.24, 2.45) is 11.7 Å². The number of primary amides is 1. The highest BCUT2D eigenvalue weighted by Gasteiger charge is 2.23. The molecule has 1 atom stereocenters. The number of hydrogen-bond acceptors (Lipinski definition) is 3. The van der Waals surface area contributed by atoms with Crippen molar-refractivity contribution in [1.82, 2.24) is 5.32 Å². The van der Waals surface area contributed by atoms with Gasteiger partial charge in [0.2, 0.25) is 5.91 Å². The Labute approximate surface area is 90.2 Å². The molecule has 3 nitrogen and oxygen atoms in total. The molecule has 4 heteroatoms. The van der Waals surface area contributed by atoms with Gasteiger partial charge in [0, 0.05) is 0 Å². The van der Waals surface area contributed by atoms with E-state index < -0.39 is 0 Å². The van der Waals surface area contributed by atoms with Crippen LogP contribution in [0.4, 0.5) is 0 Å². The van der Waals surface area contributed by atoms with Crippen molar-refractivity contribution >= 4 is 17.7 Å². The summed E-state index contributed by atoms with van der Waals surface area (Å²) in [5.41, 5.74) is 5.31. The predicted octanol–water partition coefficient (Wildman–Crippen LogP) is 0.983. The fourth-order valence-corrected chi connectivity index (χ4v) is 2.01. The van der Waals surface area contributed by atoms with Crippen LogP contribution in [0.25, 0.3) is 0 Å². The van der Waals surface area contributed by atoms with Crippen molar-refractivity contribution in [3.8, 4) is 0 Å². The number of nitrogens with two attached hydrogens (primary N) is 1. The molecule has 0 aromatic heterocycles. The Bertz CT molecular complexity index is 183. The van der Waals surface area contributed by atoms with E-state index >= 15 is 0 Å². The van der Waals surface area contributed by atoms with E-state index in [4.69, 9.17) is 5.73 Å². The molecule has 1 fully saturated rings. The third-order valence-corrected chi connectivity index (χ3v) is 3.38. The van der Waals surface area contributed by atoms with Crippen molar-refractivity contribution in [2.45, 2.75) is 32.2 Å². The van der Waals surface area contributed by atoms with Gasteiger partial charge < -0.3 is 11.1 Å². The summed E-state index contributed by atoms with van der Waals surface area (Å²) in [4.78, 5) is 11.1. The molecule has 1 aliphatic rings. The molecule has 3 N–H and O–H groups in total. The number of rotatable bonds is 8. The molecule has 1 unspecified atom stereocenters. The van der Waals surface area contributed by atoms with Crippen LogP contribution in [0.3, 0.4) is 0 Å². The van der Waals surface area contributed by atoms with E-state index in [9.17, 15) is 4.79 Å². The van der Waals surface area contributed by atoms with Gasteiger partial charge in [-0.25, -0.2) is 0 Å². The third-order valence-electron chi connectivity index (χ3n) is 2.45. The summed E-state index contributed by atoms with van der Waals surface area (Å²) in [7, 11) is 0. The molecule has 0 aliphatic heterocycles. The SMILES string of the molecule is CCSCCC(NCC1CC1)C(N)=O. The minimum absolute atomic E-state index is 0.116. The first-order valence-corrected chi connectivity index (χ1v) is 6.50. The molecule has 1 amide bonds. The Kier molecular flexibility index (Phi) is 5.33. The second-order valence-electron chi connectivity index (χ2n) is 3.79. The van der Waals surface area contributed by atoms with Crippen LogP contribution in [-0.4, -0.2) is 30.0 Å². The van der Waals surface area contributed by atoms with Crippen LogP contribution >= 0.6 is 11.8 Å². The van der Waals surface area contributed by atoms with E-state index in [1.54, 1.807) is 0 Å². The van der Waals surface area contributed by atoms with Gasteiger partial charge in [0.25, 0.3) is 0 Å². The summed E-state index contributed by atoms with van der Waals surface area (Å²) in [5, 5.41) is 3.25. The molecular weight excluding hydrogens is 196 g/mol. The lowest BCUT2D eigenvalue weighted by molar-refractivity contribution is -0.120. The highest BCUT2D eigenvalue weighted by Crippen LogP contribution is 2.27. The highest BCUT2D eigenvalue weighted by molar-refractivity contribution is 7.99. The zero-order valence-electron chi connectivity index (χ0n) is 8.79. The van der Waals surface area contributed by atoms with Gasteiger partial charge in [-0.15, -0.1) is 0 Å². The number of thioether (sulfide) groups is 1. The largest absolute Gasteiger partial charge is 0.368 e. The van der Waals surface area contributed by atoms with E-state index in [2.05, 4.69) is 12.2 Å². The molecule has 1 aliphatic carbocycles. The zero-order valence-corrected chi connectivity index (χ0v) is 9.61. The van der Waals surface area contributed by atoms with Crippen molar-refractivity contribution in [1.29, 1.82) is 0 Å². The lowest BCUT2D eigenvalue weighted by Crippen LogP contribution is -2.42. The molecule has 0 bridgehead atoms. The van der Waals surface area contributed by atoms with Crippen LogP contribution in [0, 0.1) is 5.92 Å². The minimum Gasteiger partial charge on any atom is -0.368 e.